The van der Waals surface area contributed by atoms with Gasteiger partial charge in [0.05, 0.1) is 12.9 Å². The zero-order valence-corrected chi connectivity index (χ0v) is 23.4. The molecule has 0 aliphatic carbocycles. The van der Waals surface area contributed by atoms with Crippen LogP contribution >= 0.6 is 0 Å². The molecule has 0 saturated heterocycles. The van der Waals surface area contributed by atoms with Crippen molar-refractivity contribution in [3.05, 3.63) is 6.33 Å². The van der Waals surface area contributed by atoms with Crippen molar-refractivity contribution in [3.63, 3.8) is 0 Å². The molecule has 2 amide bonds. The van der Waals surface area contributed by atoms with Gasteiger partial charge in [-0.1, -0.05) is 0 Å². The average molecular weight is 536 g/mol. The average Bonchev–Trinajstić information content (AvgIpc) is 3.22. The number of aromatic nitrogens is 4. The van der Waals surface area contributed by atoms with Gasteiger partial charge in [0.2, 0.25) is 11.9 Å². The molecule has 2 rings (SSSR count). The summed E-state index contributed by atoms with van der Waals surface area (Å²) in [5, 5.41) is 0. The van der Waals surface area contributed by atoms with Crippen LogP contribution in [0.4, 0.5) is 16.6 Å². The number of rotatable bonds is 12. The van der Waals surface area contributed by atoms with E-state index in [1.807, 2.05) is 11.9 Å². The lowest BCUT2D eigenvalue weighted by Gasteiger charge is -2.29. The van der Waals surface area contributed by atoms with Crippen molar-refractivity contribution in [2.45, 2.75) is 58.7 Å². The van der Waals surface area contributed by atoms with E-state index < -0.39 is 23.7 Å². The Labute approximate surface area is 223 Å². The number of carbonyl (C=O) groups excluding carboxylic acids is 3. The van der Waals surface area contributed by atoms with Crippen LogP contribution in [0.5, 0.6) is 0 Å². The zero-order valence-electron chi connectivity index (χ0n) is 23.4. The molecule has 0 bridgehead atoms. The van der Waals surface area contributed by atoms with Crippen LogP contribution in [0.3, 0.4) is 0 Å². The molecular weight excluding hydrogens is 494 g/mol. The van der Waals surface area contributed by atoms with Gasteiger partial charge in [-0.3, -0.25) is 4.79 Å². The van der Waals surface area contributed by atoms with Crippen LogP contribution in [-0.2, 0) is 25.6 Å². The number of fused-ring (bicyclic) bond motifs is 1. The van der Waals surface area contributed by atoms with Crippen molar-refractivity contribution in [1.29, 1.82) is 0 Å². The Morgan fingerprint density at radius 2 is 1.82 bits per heavy atom. The lowest BCUT2D eigenvalue weighted by molar-refractivity contribution is -0.154. The lowest BCUT2D eigenvalue weighted by atomic mass is 10.1. The summed E-state index contributed by atoms with van der Waals surface area (Å²) in [5.74, 6) is -0.358. The van der Waals surface area contributed by atoms with E-state index in [2.05, 4.69) is 15.0 Å². The number of nitrogens with two attached hydrogens (primary N) is 2. The van der Waals surface area contributed by atoms with Crippen LogP contribution in [0.1, 0.15) is 40.5 Å². The van der Waals surface area contributed by atoms with Crippen LogP contribution in [0.25, 0.3) is 11.2 Å². The fourth-order valence-corrected chi connectivity index (χ4v) is 3.65. The highest BCUT2D eigenvalue weighted by Crippen LogP contribution is 2.23. The maximum absolute atomic E-state index is 13.3. The van der Waals surface area contributed by atoms with Gasteiger partial charge in [-0.25, -0.2) is 14.6 Å². The third kappa shape index (κ3) is 8.16. The van der Waals surface area contributed by atoms with Gasteiger partial charge >= 0.3 is 12.1 Å². The van der Waals surface area contributed by atoms with E-state index in [1.54, 1.807) is 39.3 Å². The van der Waals surface area contributed by atoms with E-state index in [0.29, 0.717) is 30.1 Å². The quantitative estimate of drug-likeness (QED) is 0.368. The normalized spacial score (nSPS) is 12.2. The minimum atomic E-state index is -0.917. The summed E-state index contributed by atoms with van der Waals surface area (Å²) >= 11 is 0. The molecule has 1 unspecified atom stereocenters. The standard InChI is InChI=1S/C24H41N9O5/c1-8-37-21(35)16(10-13-31(6)23(36)38-24(2,3)4)32(7)17(34)14-33-15-27-18-19(30(5)12-9-11-25)28-22(26)29-20(18)33/h15-16H,8-14,25H2,1-7H3,(H2,26,28,29). The largest absolute Gasteiger partial charge is 0.464 e. The monoisotopic (exact) mass is 535 g/mol. The van der Waals surface area contributed by atoms with Gasteiger partial charge in [0.15, 0.2) is 17.0 Å². The van der Waals surface area contributed by atoms with Gasteiger partial charge < -0.3 is 40.2 Å². The van der Waals surface area contributed by atoms with Gasteiger partial charge in [0.1, 0.15) is 18.2 Å². The number of hydrogen-bond donors (Lipinski definition) is 2. The summed E-state index contributed by atoms with van der Waals surface area (Å²) < 4.78 is 12.1. The van der Waals surface area contributed by atoms with Gasteiger partial charge in [-0.2, -0.15) is 9.97 Å². The molecule has 0 saturated carbocycles. The Bertz CT molecular complexity index is 1110. The number of nitrogens with zero attached hydrogens (tertiary/aromatic N) is 7. The van der Waals surface area contributed by atoms with Crippen LogP contribution < -0.4 is 16.4 Å². The molecule has 14 heteroatoms. The molecule has 0 aliphatic rings. The molecule has 1 atom stereocenters. The lowest BCUT2D eigenvalue weighted by Crippen LogP contribution is -2.46. The predicted molar refractivity (Wildman–Crippen MR) is 143 cm³/mol. The van der Waals surface area contributed by atoms with E-state index in [1.165, 1.54) is 23.2 Å². The summed E-state index contributed by atoms with van der Waals surface area (Å²) in [5.41, 5.74) is 11.8. The van der Waals surface area contributed by atoms with Gasteiger partial charge in [0, 0.05) is 34.2 Å². The molecule has 212 valence electrons. The van der Waals surface area contributed by atoms with Gasteiger partial charge in [-0.05, 0) is 47.1 Å². The Morgan fingerprint density at radius 1 is 1.13 bits per heavy atom. The van der Waals surface area contributed by atoms with Crippen LogP contribution in [-0.4, -0.2) is 106 Å². The highest BCUT2D eigenvalue weighted by molar-refractivity contribution is 5.88. The van der Waals surface area contributed by atoms with Crippen LogP contribution in [0.15, 0.2) is 6.33 Å². The fraction of sp³-hybridized carbons (Fsp3) is 0.667. The molecule has 38 heavy (non-hydrogen) atoms. The predicted octanol–water partition coefficient (Wildman–Crippen LogP) is 0.841. The third-order valence-corrected chi connectivity index (χ3v) is 5.69. The number of esters is 1. The smallest absolute Gasteiger partial charge is 0.410 e. The number of imidazole rings is 1. The fourth-order valence-electron chi connectivity index (χ4n) is 3.65. The molecule has 2 aromatic rings. The molecule has 2 aromatic heterocycles. The van der Waals surface area contributed by atoms with E-state index >= 15 is 0 Å². The van der Waals surface area contributed by atoms with Crippen molar-refractivity contribution in [1.82, 2.24) is 29.3 Å². The first-order chi connectivity index (χ1) is 17.8. The highest BCUT2D eigenvalue weighted by atomic mass is 16.6. The Hall–Kier alpha value is -3.68. The highest BCUT2D eigenvalue weighted by Gasteiger charge is 2.30. The molecular formula is C24H41N9O5. The number of amides is 2. The van der Waals surface area contributed by atoms with Crippen LogP contribution in [0.2, 0.25) is 0 Å². The van der Waals surface area contributed by atoms with E-state index in [-0.39, 0.29) is 38.0 Å². The Kier molecular flexibility index (Phi) is 10.6. The number of nitrogen functional groups attached to an aromatic ring is 1. The summed E-state index contributed by atoms with van der Waals surface area (Å²) in [4.78, 5) is 55.9. The maximum atomic E-state index is 13.3. The molecule has 0 fully saturated rings. The second kappa shape index (κ2) is 13.2. The number of carbonyl (C=O) groups is 3. The van der Waals surface area contributed by atoms with E-state index in [9.17, 15) is 14.4 Å². The number of hydrogen-bond acceptors (Lipinski definition) is 11. The van der Waals surface area contributed by atoms with Gasteiger partial charge in [-0.15, -0.1) is 0 Å². The molecule has 14 nitrogen and oxygen atoms in total. The SMILES string of the molecule is CCOC(=O)C(CCN(C)C(=O)OC(C)(C)C)N(C)C(=O)Cn1cnc2c(N(C)CCCN)nc(N)nc21. The van der Waals surface area contributed by atoms with E-state index in [0.717, 1.165) is 6.42 Å². The summed E-state index contributed by atoms with van der Waals surface area (Å²) in [7, 11) is 4.95. The van der Waals surface area contributed by atoms with Crippen molar-refractivity contribution in [3.8, 4) is 0 Å². The number of anilines is 2. The molecule has 0 radical (unpaired) electrons. The van der Waals surface area contributed by atoms with Gasteiger partial charge in [0.25, 0.3) is 0 Å². The van der Waals surface area contributed by atoms with Crippen LogP contribution in [0, 0.1) is 0 Å². The maximum Gasteiger partial charge on any atom is 0.410 e. The number of likely N-dealkylation sites (N-methyl/N-ethyl adjacent to an activating group) is 1. The molecule has 4 N–H and O–H groups in total. The zero-order chi connectivity index (χ0) is 28.6. The number of ether oxygens (including phenoxy) is 2. The third-order valence-electron chi connectivity index (χ3n) is 5.69. The topological polar surface area (TPSA) is 175 Å². The first-order valence-corrected chi connectivity index (χ1v) is 12.5. The summed E-state index contributed by atoms with van der Waals surface area (Å²) in [6.45, 7) is 8.35. The first kappa shape index (κ1) is 30.5. The minimum Gasteiger partial charge on any atom is -0.464 e. The van der Waals surface area contributed by atoms with Crippen molar-refractivity contribution in [2.75, 3.05) is 58.0 Å². The molecule has 0 spiro atoms. The molecule has 0 aromatic carbocycles. The van der Waals surface area contributed by atoms with E-state index in [4.69, 9.17) is 20.9 Å². The second-order valence-corrected chi connectivity index (χ2v) is 9.98. The minimum absolute atomic E-state index is 0.0456. The molecule has 0 aliphatic heterocycles. The second-order valence-electron chi connectivity index (χ2n) is 9.98. The summed E-state index contributed by atoms with van der Waals surface area (Å²) in [6.07, 6.45) is 1.88. The summed E-state index contributed by atoms with van der Waals surface area (Å²) in [6, 6.07) is -0.917. The Morgan fingerprint density at radius 3 is 2.42 bits per heavy atom. The van der Waals surface area contributed by atoms with Crippen molar-refractivity contribution < 1.29 is 23.9 Å². The van der Waals surface area contributed by atoms with Crippen molar-refractivity contribution in [2.24, 2.45) is 5.73 Å². The van der Waals surface area contributed by atoms with Crippen molar-refractivity contribution >= 4 is 40.9 Å². The molecule has 2 heterocycles. The Balaban J connectivity index is 2.21. The first-order valence-electron chi connectivity index (χ1n) is 12.5.